The Balaban J connectivity index is 2.29. The SMILES string of the molecule is CCCN1CCN(S(=O)(=O)c2cc(Cl)c(C)c([N+](=O)[O-])c2)CC1. The minimum Gasteiger partial charge on any atom is -0.301 e. The predicted octanol–water partition coefficient (Wildman–Crippen LogP) is 2.27. The third-order valence-electron chi connectivity index (χ3n) is 4.00. The summed E-state index contributed by atoms with van der Waals surface area (Å²) in [6.45, 7) is 6.60. The van der Waals surface area contributed by atoms with Gasteiger partial charge in [0.05, 0.1) is 14.8 Å². The number of hydrogen-bond acceptors (Lipinski definition) is 5. The van der Waals surface area contributed by atoms with E-state index in [1.54, 1.807) is 0 Å². The second-order valence-electron chi connectivity index (χ2n) is 5.55. The summed E-state index contributed by atoms with van der Waals surface area (Å²) in [6.07, 6.45) is 1.02. The molecule has 128 valence electrons. The molecule has 0 saturated carbocycles. The van der Waals surface area contributed by atoms with Crippen molar-refractivity contribution in [1.82, 2.24) is 9.21 Å². The number of nitro groups is 1. The third-order valence-corrected chi connectivity index (χ3v) is 6.26. The summed E-state index contributed by atoms with van der Waals surface area (Å²) in [5, 5.41) is 11.2. The van der Waals surface area contributed by atoms with E-state index in [9.17, 15) is 18.5 Å². The number of halogens is 1. The third kappa shape index (κ3) is 3.82. The van der Waals surface area contributed by atoms with E-state index in [1.165, 1.54) is 17.3 Å². The first-order valence-corrected chi connectivity index (χ1v) is 9.26. The molecule has 0 unspecified atom stereocenters. The molecule has 1 aromatic rings. The van der Waals surface area contributed by atoms with Crippen LogP contribution >= 0.6 is 11.6 Å². The minimum absolute atomic E-state index is 0.0855. The zero-order chi connectivity index (χ0) is 17.2. The second kappa shape index (κ2) is 7.12. The highest BCUT2D eigenvalue weighted by Gasteiger charge is 2.30. The summed E-state index contributed by atoms with van der Waals surface area (Å²) >= 11 is 5.98. The fourth-order valence-corrected chi connectivity index (χ4v) is 4.39. The van der Waals surface area contributed by atoms with Crippen molar-refractivity contribution in [1.29, 1.82) is 0 Å². The molecule has 23 heavy (non-hydrogen) atoms. The summed E-state index contributed by atoms with van der Waals surface area (Å²) in [5.41, 5.74) is -0.0101. The molecule has 0 radical (unpaired) electrons. The maximum absolute atomic E-state index is 12.7. The number of rotatable bonds is 5. The highest BCUT2D eigenvalue weighted by Crippen LogP contribution is 2.31. The van der Waals surface area contributed by atoms with Crippen LogP contribution in [-0.4, -0.2) is 55.3 Å². The highest BCUT2D eigenvalue weighted by molar-refractivity contribution is 7.89. The van der Waals surface area contributed by atoms with Gasteiger partial charge in [-0.25, -0.2) is 8.42 Å². The second-order valence-corrected chi connectivity index (χ2v) is 7.90. The maximum atomic E-state index is 12.7. The Morgan fingerprint density at radius 1 is 1.26 bits per heavy atom. The Morgan fingerprint density at radius 2 is 1.87 bits per heavy atom. The van der Waals surface area contributed by atoms with Crippen molar-refractivity contribution in [3.05, 3.63) is 32.8 Å². The van der Waals surface area contributed by atoms with E-state index in [4.69, 9.17) is 11.6 Å². The standard InChI is InChI=1S/C14H20ClN3O4S/c1-3-4-16-5-7-17(8-6-16)23(21,22)12-9-13(15)11(2)14(10-12)18(19)20/h9-10H,3-8H2,1-2H3. The van der Waals surface area contributed by atoms with Crippen LogP contribution in [0.15, 0.2) is 17.0 Å². The number of benzene rings is 1. The van der Waals surface area contributed by atoms with E-state index in [-0.39, 0.29) is 21.2 Å². The van der Waals surface area contributed by atoms with Gasteiger partial charge >= 0.3 is 0 Å². The van der Waals surface area contributed by atoms with Gasteiger partial charge in [-0.1, -0.05) is 18.5 Å². The van der Waals surface area contributed by atoms with Gasteiger partial charge in [0.2, 0.25) is 10.0 Å². The molecule has 1 aliphatic rings. The molecule has 9 heteroatoms. The highest BCUT2D eigenvalue weighted by atomic mass is 35.5. The van der Waals surface area contributed by atoms with E-state index in [1.807, 2.05) is 0 Å². The fourth-order valence-electron chi connectivity index (χ4n) is 2.64. The van der Waals surface area contributed by atoms with Crippen molar-refractivity contribution < 1.29 is 13.3 Å². The molecule has 1 aliphatic heterocycles. The van der Waals surface area contributed by atoms with Gasteiger partial charge in [0.1, 0.15) is 0 Å². The topological polar surface area (TPSA) is 83.8 Å². The van der Waals surface area contributed by atoms with E-state index in [0.29, 0.717) is 26.2 Å². The first-order chi connectivity index (χ1) is 10.8. The average molecular weight is 362 g/mol. The van der Waals surface area contributed by atoms with Crippen molar-refractivity contribution in [3.8, 4) is 0 Å². The fraction of sp³-hybridized carbons (Fsp3) is 0.571. The van der Waals surface area contributed by atoms with Crippen LogP contribution in [0.25, 0.3) is 0 Å². The van der Waals surface area contributed by atoms with Crippen LogP contribution in [0.1, 0.15) is 18.9 Å². The van der Waals surface area contributed by atoms with Gasteiger partial charge in [0.25, 0.3) is 5.69 Å². The molecule has 0 spiro atoms. The Hall–Kier alpha value is -1.22. The van der Waals surface area contributed by atoms with Gasteiger partial charge in [-0.05, 0) is 26.0 Å². The number of sulfonamides is 1. The van der Waals surface area contributed by atoms with Gasteiger partial charge in [-0.15, -0.1) is 0 Å². The lowest BCUT2D eigenvalue weighted by Crippen LogP contribution is -2.48. The first-order valence-electron chi connectivity index (χ1n) is 7.44. The molecule has 0 N–H and O–H groups in total. The molecule has 7 nitrogen and oxygen atoms in total. The summed E-state index contributed by atoms with van der Waals surface area (Å²) in [6, 6.07) is 2.38. The molecular weight excluding hydrogens is 342 g/mol. The van der Waals surface area contributed by atoms with Crippen molar-refractivity contribution >= 4 is 27.3 Å². The molecule has 1 saturated heterocycles. The molecule has 0 atom stereocenters. The molecule has 0 bridgehead atoms. The summed E-state index contributed by atoms with van der Waals surface area (Å²) in [4.78, 5) is 12.5. The van der Waals surface area contributed by atoms with E-state index in [2.05, 4.69) is 11.8 Å². The molecule has 0 amide bonds. The zero-order valence-electron chi connectivity index (χ0n) is 13.2. The first kappa shape index (κ1) is 18.1. The monoisotopic (exact) mass is 361 g/mol. The van der Waals surface area contributed by atoms with Crippen LogP contribution in [0.2, 0.25) is 5.02 Å². The lowest BCUT2D eigenvalue weighted by molar-refractivity contribution is -0.385. The molecule has 0 aliphatic carbocycles. The van der Waals surface area contributed by atoms with Gasteiger partial charge < -0.3 is 4.90 Å². The van der Waals surface area contributed by atoms with E-state index >= 15 is 0 Å². The lowest BCUT2D eigenvalue weighted by atomic mass is 10.2. The summed E-state index contributed by atoms with van der Waals surface area (Å²) in [5.74, 6) is 0. The number of hydrogen-bond donors (Lipinski definition) is 0. The average Bonchev–Trinajstić information content (AvgIpc) is 2.50. The Bertz CT molecular complexity index is 700. The minimum atomic E-state index is -3.78. The van der Waals surface area contributed by atoms with Crippen LogP contribution < -0.4 is 0 Å². The van der Waals surface area contributed by atoms with Crippen LogP contribution in [0.4, 0.5) is 5.69 Å². The van der Waals surface area contributed by atoms with Crippen molar-refractivity contribution in [2.24, 2.45) is 0 Å². The summed E-state index contributed by atoms with van der Waals surface area (Å²) < 4.78 is 26.8. The van der Waals surface area contributed by atoms with Gasteiger partial charge in [-0.3, -0.25) is 10.1 Å². The van der Waals surface area contributed by atoms with E-state index in [0.717, 1.165) is 19.0 Å². The van der Waals surface area contributed by atoms with Gasteiger partial charge in [0, 0.05) is 37.8 Å². The van der Waals surface area contributed by atoms with Gasteiger partial charge in [0.15, 0.2) is 0 Å². The smallest absolute Gasteiger partial charge is 0.275 e. The largest absolute Gasteiger partial charge is 0.301 e. The molecule has 1 aromatic carbocycles. The number of piperazine rings is 1. The lowest BCUT2D eigenvalue weighted by Gasteiger charge is -2.33. The van der Waals surface area contributed by atoms with Gasteiger partial charge in [-0.2, -0.15) is 4.31 Å². The van der Waals surface area contributed by atoms with Crippen LogP contribution in [0.3, 0.4) is 0 Å². The quantitative estimate of drug-likeness (QED) is 0.593. The molecule has 1 heterocycles. The Kier molecular flexibility index (Phi) is 5.61. The normalized spacial score (nSPS) is 17.3. The predicted molar refractivity (Wildman–Crippen MR) is 88.3 cm³/mol. The van der Waals surface area contributed by atoms with Crippen molar-refractivity contribution in [2.75, 3.05) is 32.7 Å². The number of nitro benzene ring substituents is 1. The molecule has 2 rings (SSSR count). The number of nitrogens with zero attached hydrogens (tertiary/aromatic N) is 3. The molecular formula is C14H20ClN3O4S. The Morgan fingerprint density at radius 3 is 2.39 bits per heavy atom. The van der Waals surface area contributed by atoms with Crippen molar-refractivity contribution in [2.45, 2.75) is 25.2 Å². The molecule has 0 aromatic heterocycles. The Labute approximate surface area is 141 Å². The zero-order valence-corrected chi connectivity index (χ0v) is 14.7. The summed E-state index contributed by atoms with van der Waals surface area (Å²) in [7, 11) is -3.78. The van der Waals surface area contributed by atoms with Crippen LogP contribution in [0, 0.1) is 17.0 Å². The van der Waals surface area contributed by atoms with Crippen LogP contribution in [-0.2, 0) is 10.0 Å². The van der Waals surface area contributed by atoms with Crippen molar-refractivity contribution in [3.63, 3.8) is 0 Å². The van der Waals surface area contributed by atoms with E-state index < -0.39 is 14.9 Å². The maximum Gasteiger partial charge on any atom is 0.275 e. The molecule has 1 fully saturated rings. The van der Waals surface area contributed by atoms with Crippen LogP contribution in [0.5, 0.6) is 0 Å².